The molecule has 16 heteroatoms. The molecule has 14 nitrogen and oxygen atoms in total. The largest absolute Gasteiger partial charge is 0.481 e. The monoisotopic (exact) mass is 1240 g/mol. The Bertz CT molecular complexity index is 2490. The van der Waals surface area contributed by atoms with Gasteiger partial charge >= 0.3 is 17.9 Å². The van der Waals surface area contributed by atoms with Crippen LogP contribution >= 0.6 is 11.8 Å². The van der Waals surface area contributed by atoms with Crippen LogP contribution in [0.2, 0.25) is 0 Å². The average molecular weight is 1240 g/mol. The van der Waals surface area contributed by atoms with Crippen molar-refractivity contribution in [1.29, 1.82) is 0 Å². The molecule has 2 aliphatic carbocycles. The maximum atomic E-state index is 15.7. The molecule has 0 saturated heterocycles. The van der Waals surface area contributed by atoms with E-state index in [-0.39, 0.29) is 124 Å². The number of amides is 2. The first-order chi connectivity index (χ1) is 38.3. The molecule has 1 aromatic rings. The van der Waals surface area contributed by atoms with Crippen molar-refractivity contribution in [1.82, 2.24) is 4.98 Å². The fourth-order valence-corrected chi connectivity index (χ4v) is 14.9. The number of amidine groups is 1. The summed E-state index contributed by atoms with van der Waals surface area (Å²) in [4.78, 5) is 92.3. The Morgan fingerprint density at radius 2 is 1.14 bits per heavy atom. The number of aliphatic carboxylic acids is 1. The van der Waals surface area contributed by atoms with Gasteiger partial charge < -0.3 is 39.9 Å². The van der Waals surface area contributed by atoms with Crippen LogP contribution in [0.5, 0.6) is 0 Å². The number of H-pyrrole nitrogens is 1. The molecule has 472 valence electrons. The number of carbonyl (C=O) groups is 6. The van der Waals surface area contributed by atoms with Crippen LogP contribution in [0.15, 0.2) is 21.8 Å². The number of rotatable bonds is 24. The fourth-order valence-electron chi connectivity index (χ4n) is 13.9. The number of thioether (sulfide) groups is 1. The molecular weight excluding hydrogens is 1130 g/mol. The zero-order valence-corrected chi connectivity index (χ0v) is 60.1. The molecule has 3 aliphatic rings. The molecule has 0 spiro atoms. The summed E-state index contributed by atoms with van der Waals surface area (Å²) in [5.74, 6) is -1.82. The van der Waals surface area contributed by atoms with Gasteiger partial charge in [-0.05, 0) is 150 Å². The number of hydrogen-bond donors (Lipinski definition) is 3. The van der Waals surface area contributed by atoms with E-state index in [2.05, 4.69) is 107 Å². The van der Waals surface area contributed by atoms with E-state index in [0.29, 0.717) is 85.1 Å². The molecule has 0 radical (unpaired) electrons. The minimum absolute atomic E-state index is 0. The third-order valence-corrected chi connectivity index (χ3v) is 20.6. The van der Waals surface area contributed by atoms with E-state index in [1.165, 1.54) is 11.8 Å². The summed E-state index contributed by atoms with van der Waals surface area (Å²) in [6.07, 6.45) is 7.72. The Kier molecular flexibility index (Phi) is 26.6. The Hall–Kier alpha value is -3.78. The van der Waals surface area contributed by atoms with Gasteiger partial charge in [0.25, 0.3) is 6.47 Å². The molecule has 5 atom stereocenters. The zero-order chi connectivity index (χ0) is 63.1. The van der Waals surface area contributed by atoms with E-state index in [1.54, 1.807) is 0 Å². The summed E-state index contributed by atoms with van der Waals surface area (Å²) in [6, 6.07) is 0. The predicted molar refractivity (Wildman–Crippen MR) is 338 cm³/mol. The number of carboxylic acids is 1. The van der Waals surface area contributed by atoms with E-state index in [4.69, 9.17) is 24.5 Å². The number of aliphatic imine (C=N–C) groups is 1. The molecule has 3 N–H and O–H groups in total. The first-order valence-electron chi connectivity index (χ1n) is 31.5. The first-order valence-corrected chi connectivity index (χ1v) is 32.6. The van der Waals surface area contributed by atoms with E-state index in [1.807, 2.05) is 68.4 Å². The Labute approximate surface area is 524 Å². The van der Waals surface area contributed by atoms with Crippen molar-refractivity contribution in [2.45, 2.75) is 260 Å². The van der Waals surface area contributed by atoms with E-state index in [0.717, 1.165) is 25.7 Å². The maximum absolute atomic E-state index is 15.7. The number of ether oxygens (including phenoxy) is 3. The Balaban J connectivity index is 0.0000185. The average Bonchev–Trinajstić information content (AvgIpc) is 1.78. The van der Waals surface area contributed by atoms with Crippen molar-refractivity contribution in [2.24, 2.45) is 78.9 Å². The number of nitrogens with one attached hydrogen (secondary N) is 2. The fraction of sp³-hybridized carbons (Fsp3) is 0.779. The smallest absolute Gasteiger partial charge is 0.342 e. The van der Waals surface area contributed by atoms with Gasteiger partial charge in [-0.25, -0.2) is 9.59 Å². The second-order valence-electron chi connectivity index (χ2n) is 30.0. The van der Waals surface area contributed by atoms with Crippen LogP contribution in [-0.4, -0.2) is 75.5 Å². The molecule has 5 unspecified atom stereocenters. The Morgan fingerprint density at radius 1 is 0.702 bits per heavy atom. The van der Waals surface area contributed by atoms with Gasteiger partial charge in [0.2, 0.25) is 5.91 Å². The number of aromatic amines is 1. The molecular formula is C68H111N4O10SZn-. The number of allylic oxidation sites excluding steroid dienone is 1. The van der Waals surface area contributed by atoms with Gasteiger partial charge in [0.15, 0.2) is 11.3 Å². The molecule has 84 heavy (non-hydrogen) atoms. The molecule has 2 fully saturated rings. The summed E-state index contributed by atoms with van der Waals surface area (Å²) >= 11 is 1.21. The predicted octanol–water partition coefficient (Wildman–Crippen LogP) is 17.1. The minimum atomic E-state index is -1.09. The van der Waals surface area contributed by atoms with Crippen molar-refractivity contribution < 1.29 is 67.6 Å². The number of nitrogens with zero attached hydrogens (tertiary/aromatic N) is 2. The summed E-state index contributed by atoms with van der Waals surface area (Å²) in [5.41, 5.74) is -0.907. The van der Waals surface area contributed by atoms with Crippen LogP contribution in [0.1, 0.15) is 264 Å². The van der Waals surface area contributed by atoms with Crippen LogP contribution < -0.4 is 5.32 Å². The second kappa shape index (κ2) is 29.9. The first kappa shape index (κ1) is 74.5. The molecule has 0 aromatic carbocycles. The molecule has 0 bridgehead atoms. The van der Waals surface area contributed by atoms with Crippen LogP contribution in [0, 0.1) is 73.9 Å². The Morgan fingerprint density at radius 3 is 1.52 bits per heavy atom. The van der Waals surface area contributed by atoms with Crippen LogP contribution in [-0.2, 0) is 57.7 Å². The van der Waals surface area contributed by atoms with Crippen molar-refractivity contribution in [3.8, 4) is 0 Å². The number of aromatic nitrogens is 1. The van der Waals surface area contributed by atoms with Crippen LogP contribution in [0.4, 0.5) is 5.82 Å². The third-order valence-electron chi connectivity index (χ3n) is 19.5. The zero-order valence-electron chi connectivity index (χ0n) is 56.3. The van der Waals surface area contributed by atoms with Crippen molar-refractivity contribution in [3.05, 3.63) is 39.0 Å². The quantitative estimate of drug-likeness (QED) is 0.0222. The number of esters is 2. The SMILES string of the molecule is CCC(CC)(CC)C(=O)N=C1[N-]C(=Cc2[nH]c(NC(=O)C(CC)(CC)CCCSC(CC(=O)O)OC=O)c(C(=O)OC3C(C(C)(C)C)CC(C)CC3C(C)(C)C)c2C(C)C)C(C(C)C)=C1C(=O)OC1C(C(C)(C)C)CC(C)CC1C(C)(C)C.[Zn]. The maximum Gasteiger partial charge on any atom is 0.342 e. The third kappa shape index (κ3) is 17.7. The number of hydrogen-bond acceptors (Lipinski definition) is 10. The second-order valence-corrected chi connectivity index (χ2v) is 31.2. The summed E-state index contributed by atoms with van der Waals surface area (Å²) in [6.45, 7) is 49.3. The molecule has 2 heterocycles. The topological polar surface area (TPSA) is 205 Å². The van der Waals surface area contributed by atoms with Gasteiger partial charge in [0, 0.05) is 59.7 Å². The van der Waals surface area contributed by atoms with Crippen LogP contribution in [0.3, 0.4) is 0 Å². The number of anilines is 1. The number of carboxylic acid groups (broad SMARTS) is 1. The van der Waals surface area contributed by atoms with Crippen molar-refractivity contribution in [3.63, 3.8) is 0 Å². The van der Waals surface area contributed by atoms with Crippen LogP contribution in [0.25, 0.3) is 11.4 Å². The van der Waals surface area contributed by atoms with Crippen molar-refractivity contribution in [2.75, 3.05) is 11.1 Å². The van der Waals surface area contributed by atoms with E-state index < -0.39 is 46.4 Å². The molecule has 1 aromatic heterocycles. The minimum Gasteiger partial charge on any atom is -0.481 e. The summed E-state index contributed by atoms with van der Waals surface area (Å²) in [5, 5.41) is 17.9. The normalized spacial score (nSPS) is 24.2. The molecule has 1 aliphatic heterocycles. The van der Waals surface area contributed by atoms with Gasteiger partial charge in [0.05, 0.1) is 12.0 Å². The van der Waals surface area contributed by atoms with Gasteiger partial charge in [-0.1, -0.05) is 159 Å². The van der Waals surface area contributed by atoms with E-state index in [9.17, 15) is 19.5 Å². The number of carbonyl (C=O) groups excluding carboxylic acids is 5. The summed E-state index contributed by atoms with van der Waals surface area (Å²) < 4.78 is 19.0. The molecule has 4 rings (SSSR count). The van der Waals surface area contributed by atoms with Gasteiger partial charge in [-0.15, -0.1) is 11.8 Å². The summed E-state index contributed by atoms with van der Waals surface area (Å²) in [7, 11) is 0. The standard InChI is InChI=1S/C68H112N4O10S.Zn/c1-24-67(25-2,26-3)61(78)71-57-53(59(76)81-55-43(63(12,13)14)32-41(10)33-44(55)64(15,16)17)51(39(6)7)47(69-57)36-48-52(40(8)9)54(60(77)82-56-45(65(18,19)20)34-42(11)35-46(56)66(21,22)23)58(70-48)72-62(79)68(27-4,28-5)30-29-31-83-50(80-38-73)37-49(74)75;/h36,38-46,50,55-56H,24-35,37H2,1-23H3,(H4,69,70,71,72,74,75,76,77,78,79);/p-1. The van der Waals surface area contributed by atoms with Gasteiger partial charge in [0.1, 0.15) is 23.6 Å². The van der Waals surface area contributed by atoms with Gasteiger partial charge in [-0.3, -0.25) is 19.2 Å². The van der Waals surface area contributed by atoms with E-state index >= 15 is 14.4 Å². The molecule has 2 saturated carbocycles. The van der Waals surface area contributed by atoms with Crippen molar-refractivity contribution >= 4 is 65.7 Å². The molecule has 2 amide bonds. The van der Waals surface area contributed by atoms with Gasteiger partial charge in [-0.2, -0.15) is 0 Å².